The highest BCUT2D eigenvalue weighted by atomic mass is 32.1. The van der Waals surface area contributed by atoms with Gasteiger partial charge in [0.1, 0.15) is 5.01 Å². The number of rotatable bonds is 3. The highest BCUT2D eigenvalue weighted by Crippen LogP contribution is 2.62. The maximum Gasteiger partial charge on any atom is 0.110 e. The molecule has 19 heavy (non-hydrogen) atoms. The summed E-state index contributed by atoms with van der Waals surface area (Å²) in [6, 6.07) is 0.997. The third kappa shape index (κ3) is 2.06. The van der Waals surface area contributed by atoms with Gasteiger partial charge >= 0.3 is 0 Å². The monoisotopic (exact) mass is 278 g/mol. The first-order chi connectivity index (χ1) is 8.83. The molecule has 1 aromatic heterocycles. The van der Waals surface area contributed by atoms with Crippen LogP contribution in [0.2, 0.25) is 0 Å². The first-order valence-corrected chi connectivity index (χ1v) is 8.39. The fraction of sp³-hybridized carbons (Fsp3) is 0.812. The van der Waals surface area contributed by atoms with Crippen molar-refractivity contribution in [3.05, 3.63) is 16.1 Å². The third-order valence-electron chi connectivity index (χ3n) is 5.69. The van der Waals surface area contributed by atoms with Crippen LogP contribution in [0, 0.1) is 23.7 Å². The predicted octanol–water partition coefficient (Wildman–Crippen LogP) is 4.32. The molecule has 0 aliphatic heterocycles. The maximum absolute atomic E-state index is 4.64. The summed E-state index contributed by atoms with van der Waals surface area (Å²) in [6.07, 6.45) is 4.22. The molecule has 0 amide bonds. The molecule has 106 valence electrons. The Labute approximate surface area is 121 Å². The molecular weight excluding hydrogens is 252 g/mol. The van der Waals surface area contributed by atoms with Gasteiger partial charge in [0.2, 0.25) is 0 Å². The number of nitrogens with zero attached hydrogens (tertiary/aromatic N) is 1. The summed E-state index contributed by atoms with van der Waals surface area (Å²) in [5.74, 6) is 0.903. The van der Waals surface area contributed by atoms with Crippen molar-refractivity contribution in [2.24, 2.45) is 16.7 Å². The minimum absolute atomic E-state index is 0.374. The third-order valence-corrected chi connectivity index (χ3v) is 6.84. The molecule has 4 atom stereocenters. The first-order valence-electron chi connectivity index (χ1n) is 7.51. The molecule has 2 bridgehead atoms. The van der Waals surface area contributed by atoms with Crippen molar-refractivity contribution in [3.8, 4) is 0 Å². The van der Waals surface area contributed by atoms with Crippen molar-refractivity contribution in [1.82, 2.24) is 10.3 Å². The number of thiazole rings is 1. The molecule has 2 fully saturated rings. The summed E-state index contributed by atoms with van der Waals surface area (Å²) >= 11 is 1.79. The molecule has 2 aliphatic rings. The lowest BCUT2D eigenvalue weighted by Crippen LogP contribution is -2.50. The van der Waals surface area contributed by atoms with Gasteiger partial charge in [-0.05, 0) is 49.9 Å². The van der Waals surface area contributed by atoms with E-state index < -0.39 is 0 Å². The number of aromatic nitrogens is 1. The number of hydrogen-bond donors (Lipinski definition) is 1. The molecule has 2 unspecified atom stereocenters. The summed E-state index contributed by atoms with van der Waals surface area (Å²) < 4.78 is 0. The van der Waals surface area contributed by atoms with Crippen molar-refractivity contribution < 1.29 is 0 Å². The minimum Gasteiger partial charge on any atom is -0.304 e. The fourth-order valence-corrected chi connectivity index (χ4v) is 5.42. The summed E-state index contributed by atoms with van der Waals surface area (Å²) in [4.78, 5) is 4.64. The van der Waals surface area contributed by atoms with Gasteiger partial charge in [-0.25, -0.2) is 4.98 Å². The van der Waals surface area contributed by atoms with Gasteiger partial charge in [0.05, 0.1) is 6.04 Å². The second kappa shape index (κ2) is 4.29. The Morgan fingerprint density at radius 3 is 2.68 bits per heavy atom. The molecule has 0 radical (unpaired) electrons. The topological polar surface area (TPSA) is 24.9 Å². The Balaban J connectivity index is 1.79. The Kier molecular flexibility index (Phi) is 3.06. The Morgan fingerprint density at radius 1 is 1.42 bits per heavy atom. The van der Waals surface area contributed by atoms with Crippen LogP contribution >= 0.6 is 11.3 Å². The second-order valence-corrected chi connectivity index (χ2v) is 8.45. The average Bonchev–Trinajstić information content (AvgIpc) is 2.96. The normalized spacial score (nSPS) is 37.7. The molecule has 1 heterocycles. The SMILES string of the molecule is Cc1csc(C(C)NC2C(C)(C)[C@H]3CC[C@]2(C)C3)n1. The Morgan fingerprint density at radius 2 is 2.16 bits per heavy atom. The molecule has 2 nitrogen and oxygen atoms in total. The molecule has 0 spiro atoms. The molecule has 3 rings (SSSR count). The molecule has 1 aromatic rings. The van der Waals surface area contributed by atoms with Gasteiger partial charge in [0.15, 0.2) is 0 Å². The van der Waals surface area contributed by atoms with E-state index in [1.165, 1.54) is 24.3 Å². The van der Waals surface area contributed by atoms with E-state index in [-0.39, 0.29) is 0 Å². The zero-order valence-corrected chi connectivity index (χ0v) is 13.6. The zero-order valence-electron chi connectivity index (χ0n) is 12.8. The van der Waals surface area contributed by atoms with Crippen molar-refractivity contribution in [2.75, 3.05) is 0 Å². The second-order valence-electron chi connectivity index (χ2n) is 7.56. The van der Waals surface area contributed by atoms with E-state index in [4.69, 9.17) is 0 Å². The van der Waals surface area contributed by atoms with E-state index in [0.29, 0.717) is 22.9 Å². The van der Waals surface area contributed by atoms with E-state index in [2.05, 4.69) is 50.3 Å². The maximum atomic E-state index is 4.64. The van der Waals surface area contributed by atoms with Crippen LogP contribution in [-0.4, -0.2) is 11.0 Å². The van der Waals surface area contributed by atoms with E-state index in [1.54, 1.807) is 11.3 Å². The van der Waals surface area contributed by atoms with Gasteiger partial charge in [-0.3, -0.25) is 0 Å². The van der Waals surface area contributed by atoms with Gasteiger partial charge in [0.25, 0.3) is 0 Å². The molecule has 2 aliphatic carbocycles. The Bertz CT molecular complexity index is 474. The van der Waals surface area contributed by atoms with Crippen molar-refractivity contribution >= 4 is 11.3 Å². The van der Waals surface area contributed by atoms with Gasteiger partial charge in [0, 0.05) is 17.1 Å². The lowest BCUT2D eigenvalue weighted by molar-refractivity contribution is 0.100. The molecule has 2 saturated carbocycles. The predicted molar refractivity (Wildman–Crippen MR) is 81.4 cm³/mol. The lowest BCUT2D eigenvalue weighted by atomic mass is 9.68. The van der Waals surface area contributed by atoms with E-state index >= 15 is 0 Å². The quantitative estimate of drug-likeness (QED) is 0.891. The van der Waals surface area contributed by atoms with E-state index in [1.807, 2.05) is 0 Å². The van der Waals surface area contributed by atoms with E-state index in [9.17, 15) is 0 Å². The average molecular weight is 278 g/mol. The number of aryl methyl sites for hydroxylation is 1. The summed E-state index contributed by atoms with van der Waals surface area (Å²) in [7, 11) is 0. The van der Waals surface area contributed by atoms with Gasteiger partial charge in [-0.2, -0.15) is 0 Å². The van der Waals surface area contributed by atoms with Crippen molar-refractivity contribution in [2.45, 2.75) is 66.0 Å². The number of hydrogen-bond acceptors (Lipinski definition) is 3. The molecular formula is C16H26N2S. The van der Waals surface area contributed by atoms with Crippen molar-refractivity contribution in [3.63, 3.8) is 0 Å². The zero-order chi connectivity index (χ0) is 13.8. The number of fused-ring (bicyclic) bond motifs is 2. The van der Waals surface area contributed by atoms with Crippen LogP contribution in [0.4, 0.5) is 0 Å². The summed E-state index contributed by atoms with van der Waals surface area (Å²) in [6.45, 7) is 11.7. The molecule has 0 saturated heterocycles. The smallest absolute Gasteiger partial charge is 0.110 e. The van der Waals surface area contributed by atoms with Crippen LogP contribution in [0.25, 0.3) is 0 Å². The van der Waals surface area contributed by atoms with Gasteiger partial charge < -0.3 is 5.32 Å². The van der Waals surface area contributed by atoms with Crippen LogP contribution in [0.1, 0.15) is 63.7 Å². The fourth-order valence-electron chi connectivity index (χ4n) is 4.61. The van der Waals surface area contributed by atoms with Crippen LogP contribution in [0.3, 0.4) is 0 Å². The van der Waals surface area contributed by atoms with Gasteiger partial charge in [-0.1, -0.05) is 20.8 Å². The summed E-state index contributed by atoms with van der Waals surface area (Å²) in [5.41, 5.74) is 2.06. The molecule has 1 N–H and O–H groups in total. The van der Waals surface area contributed by atoms with E-state index in [0.717, 1.165) is 11.6 Å². The molecule has 0 aromatic carbocycles. The summed E-state index contributed by atoms with van der Waals surface area (Å²) in [5, 5.41) is 7.31. The van der Waals surface area contributed by atoms with Crippen LogP contribution < -0.4 is 5.32 Å². The highest BCUT2D eigenvalue weighted by Gasteiger charge is 2.59. The van der Waals surface area contributed by atoms with Gasteiger partial charge in [-0.15, -0.1) is 11.3 Å². The standard InChI is InChI=1S/C16H26N2S/c1-10-9-19-13(17-10)11(2)18-14-15(3,4)12-6-7-16(14,5)8-12/h9,11-12,14,18H,6-8H2,1-5H3/t11?,12-,14?,16+/m0/s1. The Hall–Kier alpha value is -0.410. The first kappa shape index (κ1) is 13.6. The highest BCUT2D eigenvalue weighted by molar-refractivity contribution is 7.09. The lowest BCUT2D eigenvalue weighted by Gasteiger charge is -2.44. The minimum atomic E-state index is 0.374. The van der Waals surface area contributed by atoms with Crippen molar-refractivity contribution in [1.29, 1.82) is 0 Å². The van der Waals surface area contributed by atoms with Crippen LogP contribution in [0.15, 0.2) is 5.38 Å². The van der Waals surface area contributed by atoms with Crippen LogP contribution in [0.5, 0.6) is 0 Å². The molecule has 3 heteroatoms. The van der Waals surface area contributed by atoms with Crippen LogP contribution in [-0.2, 0) is 0 Å². The number of nitrogens with one attached hydrogen (secondary N) is 1. The largest absolute Gasteiger partial charge is 0.304 e.